The summed E-state index contributed by atoms with van der Waals surface area (Å²) in [6, 6.07) is 12.7. The number of hydrogen-bond acceptors (Lipinski definition) is 4. The Labute approximate surface area is 169 Å². The standard InChI is InChI=1S/C21H23ClN4O2/c1-2-26-19-8-7-17(23-21(27)15-3-5-16(22)6-4-15)13-18(19)24-20(26)14-25-9-11-28-12-10-25/h3-8,13H,2,9-12,14H2,1H3,(H,23,27). The van der Waals surface area contributed by atoms with Crippen molar-refractivity contribution in [3.63, 3.8) is 0 Å². The number of rotatable bonds is 5. The molecule has 4 rings (SSSR count). The number of morpholine rings is 1. The zero-order valence-corrected chi connectivity index (χ0v) is 16.6. The fourth-order valence-corrected chi connectivity index (χ4v) is 3.62. The third kappa shape index (κ3) is 4.04. The number of amides is 1. The third-order valence-corrected chi connectivity index (χ3v) is 5.23. The predicted octanol–water partition coefficient (Wildman–Crippen LogP) is 3.79. The normalized spacial score (nSPS) is 15.1. The lowest BCUT2D eigenvalue weighted by Crippen LogP contribution is -2.36. The van der Waals surface area contributed by atoms with E-state index in [1.165, 1.54) is 0 Å². The highest BCUT2D eigenvalue weighted by Crippen LogP contribution is 2.22. The Bertz CT molecular complexity index is 978. The quantitative estimate of drug-likeness (QED) is 0.710. The number of fused-ring (bicyclic) bond motifs is 1. The van der Waals surface area contributed by atoms with E-state index in [4.69, 9.17) is 21.3 Å². The van der Waals surface area contributed by atoms with Crippen LogP contribution in [0.4, 0.5) is 5.69 Å². The van der Waals surface area contributed by atoms with Gasteiger partial charge in [-0.05, 0) is 49.4 Å². The summed E-state index contributed by atoms with van der Waals surface area (Å²) in [5.74, 6) is 0.875. The van der Waals surface area contributed by atoms with E-state index in [-0.39, 0.29) is 5.91 Å². The zero-order chi connectivity index (χ0) is 19.5. The number of aryl methyl sites for hydroxylation is 1. The van der Waals surface area contributed by atoms with Gasteiger partial charge < -0.3 is 14.6 Å². The third-order valence-electron chi connectivity index (χ3n) is 4.98. The molecule has 1 fully saturated rings. The van der Waals surface area contributed by atoms with Crippen LogP contribution in [0.5, 0.6) is 0 Å². The molecule has 1 saturated heterocycles. The molecule has 146 valence electrons. The molecule has 6 nitrogen and oxygen atoms in total. The second kappa shape index (κ2) is 8.31. The maximum absolute atomic E-state index is 12.5. The molecule has 0 saturated carbocycles. The van der Waals surface area contributed by atoms with E-state index < -0.39 is 0 Å². The lowest BCUT2D eigenvalue weighted by Gasteiger charge is -2.26. The van der Waals surface area contributed by atoms with Crippen molar-refractivity contribution in [2.45, 2.75) is 20.0 Å². The average molecular weight is 399 g/mol. The molecular formula is C21H23ClN4O2. The number of carbonyl (C=O) groups excluding carboxylic acids is 1. The molecule has 1 N–H and O–H groups in total. The molecule has 0 unspecified atom stereocenters. The number of hydrogen-bond donors (Lipinski definition) is 1. The maximum Gasteiger partial charge on any atom is 0.255 e. The lowest BCUT2D eigenvalue weighted by atomic mass is 10.2. The molecular weight excluding hydrogens is 376 g/mol. The summed E-state index contributed by atoms with van der Waals surface area (Å²) in [5.41, 5.74) is 3.26. The van der Waals surface area contributed by atoms with E-state index in [0.717, 1.165) is 61.9 Å². The van der Waals surface area contributed by atoms with Crippen LogP contribution in [0.3, 0.4) is 0 Å². The van der Waals surface area contributed by atoms with Gasteiger partial charge in [0.1, 0.15) is 5.82 Å². The van der Waals surface area contributed by atoms with E-state index in [0.29, 0.717) is 10.6 Å². The molecule has 0 atom stereocenters. The van der Waals surface area contributed by atoms with Gasteiger partial charge in [-0.15, -0.1) is 0 Å². The highest BCUT2D eigenvalue weighted by atomic mass is 35.5. The molecule has 0 bridgehead atoms. The number of ether oxygens (including phenoxy) is 1. The van der Waals surface area contributed by atoms with Gasteiger partial charge in [-0.25, -0.2) is 4.98 Å². The van der Waals surface area contributed by atoms with E-state index in [9.17, 15) is 4.79 Å². The minimum atomic E-state index is -0.167. The fourth-order valence-electron chi connectivity index (χ4n) is 3.49. The first kappa shape index (κ1) is 18.9. The Morgan fingerprint density at radius 2 is 1.93 bits per heavy atom. The summed E-state index contributed by atoms with van der Waals surface area (Å²) < 4.78 is 7.66. The molecule has 3 aromatic rings. The van der Waals surface area contributed by atoms with Gasteiger partial charge in [-0.1, -0.05) is 11.6 Å². The second-order valence-electron chi connectivity index (χ2n) is 6.83. The summed E-state index contributed by atoms with van der Waals surface area (Å²) in [6.45, 7) is 7.18. The van der Waals surface area contributed by atoms with Crippen molar-refractivity contribution >= 4 is 34.2 Å². The summed E-state index contributed by atoms with van der Waals surface area (Å²) in [6.07, 6.45) is 0. The Balaban J connectivity index is 1.56. The maximum atomic E-state index is 12.5. The van der Waals surface area contributed by atoms with Gasteiger partial charge in [0.2, 0.25) is 0 Å². The first-order chi connectivity index (χ1) is 13.6. The molecule has 0 radical (unpaired) electrons. The molecule has 0 spiro atoms. The highest BCUT2D eigenvalue weighted by molar-refractivity contribution is 6.30. The van der Waals surface area contributed by atoms with E-state index in [2.05, 4.69) is 21.7 Å². The Kier molecular flexibility index (Phi) is 5.62. The van der Waals surface area contributed by atoms with Crippen LogP contribution in [0.1, 0.15) is 23.1 Å². The van der Waals surface area contributed by atoms with Crippen molar-refractivity contribution in [3.05, 3.63) is 58.9 Å². The second-order valence-corrected chi connectivity index (χ2v) is 7.26. The van der Waals surface area contributed by atoms with E-state index in [1.807, 2.05) is 18.2 Å². The summed E-state index contributed by atoms with van der Waals surface area (Å²) >= 11 is 5.89. The molecule has 1 aromatic heterocycles. The number of halogens is 1. The fraction of sp³-hybridized carbons (Fsp3) is 0.333. The van der Waals surface area contributed by atoms with Crippen LogP contribution < -0.4 is 5.32 Å². The van der Waals surface area contributed by atoms with Crippen LogP contribution in [-0.4, -0.2) is 46.7 Å². The van der Waals surface area contributed by atoms with E-state index in [1.54, 1.807) is 24.3 Å². The summed E-state index contributed by atoms with van der Waals surface area (Å²) in [4.78, 5) is 19.7. The number of nitrogens with zero attached hydrogens (tertiary/aromatic N) is 3. The van der Waals surface area contributed by atoms with Gasteiger partial charge in [0.05, 0.1) is 30.8 Å². The summed E-state index contributed by atoms with van der Waals surface area (Å²) in [5, 5.41) is 3.55. The van der Waals surface area contributed by atoms with Crippen molar-refractivity contribution in [2.24, 2.45) is 0 Å². The molecule has 1 amide bonds. The molecule has 1 aliphatic heterocycles. The van der Waals surface area contributed by atoms with Crippen molar-refractivity contribution in [1.29, 1.82) is 0 Å². The van der Waals surface area contributed by atoms with Crippen LogP contribution in [0, 0.1) is 0 Å². The van der Waals surface area contributed by atoms with Crippen molar-refractivity contribution in [1.82, 2.24) is 14.5 Å². The highest BCUT2D eigenvalue weighted by Gasteiger charge is 2.16. The number of imidazole rings is 1. The Hall–Kier alpha value is -2.41. The minimum Gasteiger partial charge on any atom is -0.379 e. The number of benzene rings is 2. The number of anilines is 1. The number of aromatic nitrogens is 2. The number of carbonyl (C=O) groups is 1. The molecule has 7 heteroatoms. The SMILES string of the molecule is CCn1c(CN2CCOCC2)nc2cc(NC(=O)c3ccc(Cl)cc3)ccc21. The van der Waals surface area contributed by atoms with Crippen molar-refractivity contribution < 1.29 is 9.53 Å². The summed E-state index contributed by atoms with van der Waals surface area (Å²) in [7, 11) is 0. The Morgan fingerprint density at radius 3 is 2.64 bits per heavy atom. The van der Waals surface area contributed by atoms with Gasteiger partial charge in [0, 0.05) is 35.9 Å². The largest absolute Gasteiger partial charge is 0.379 e. The first-order valence-electron chi connectivity index (χ1n) is 9.50. The predicted molar refractivity (Wildman–Crippen MR) is 111 cm³/mol. The van der Waals surface area contributed by atoms with Gasteiger partial charge in [0.25, 0.3) is 5.91 Å². The topological polar surface area (TPSA) is 59.4 Å². The molecule has 28 heavy (non-hydrogen) atoms. The van der Waals surface area contributed by atoms with Gasteiger partial charge >= 0.3 is 0 Å². The van der Waals surface area contributed by atoms with E-state index >= 15 is 0 Å². The van der Waals surface area contributed by atoms with Gasteiger partial charge in [0.15, 0.2) is 0 Å². The van der Waals surface area contributed by atoms with Crippen molar-refractivity contribution in [2.75, 3.05) is 31.6 Å². The molecule has 2 heterocycles. The average Bonchev–Trinajstić information content (AvgIpc) is 3.05. The lowest BCUT2D eigenvalue weighted by molar-refractivity contribution is 0.0327. The van der Waals surface area contributed by atoms with Crippen LogP contribution in [0.15, 0.2) is 42.5 Å². The smallest absolute Gasteiger partial charge is 0.255 e. The first-order valence-corrected chi connectivity index (χ1v) is 9.88. The number of nitrogens with one attached hydrogen (secondary N) is 1. The van der Waals surface area contributed by atoms with Crippen molar-refractivity contribution in [3.8, 4) is 0 Å². The van der Waals surface area contributed by atoms with Crippen LogP contribution >= 0.6 is 11.6 Å². The van der Waals surface area contributed by atoms with Gasteiger partial charge in [-0.3, -0.25) is 9.69 Å². The Morgan fingerprint density at radius 1 is 1.18 bits per heavy atom. The van der Waals surface area contributed by atoms with Crippen LogP contribution in [0.25, 0.3) is 11.0 Å². The minimum absolute atomic E-state index is 0.167. The monoisotopic (exact) mass is 398 g/mol. The van der Waals surface area contributed by atoms with Crippen LogP contribution in [-0.2, 0) is 17.8 Å². The molecule has 2 aromatic carbocycles. The molecule has 1 aliphatic rings. The van der Waals surface area contributed by atoms with Gasteiger partial charge in [-0.2, -0.15) is 0 Å². The molecule has 0 aliphatic carbocycles. The van der Waals surface area contributed by atoms with Crippen LogP contribution in [0.2, 0.25) is 5.02 Å². The zero-order valence-electron chi connectivity index (χ0n) is 15.8.